The first kappa shape index (κ1) is 18.5. The van der Waals surface area contributed by atoms with Gasteiger partial charge in [0.1, 0.15) is 0 Å². The number of anilines is 1. The average molecular weight is 390 g/mol. The van der Waals surface area contributed by atoms with Crippen molar-refractivity contribution in [1.82, 2.24) is 0 Å². The maximum Gasteiger partial charge on any atom is 0.256 e. The molecule has 1 aliphatic heterocycles. The molecule has 8 heteroatoms. The summed E-state index contributed by atoms with van der Waals surface area (Å²) in [5.41, 5.74) is 6.59. The van der Waals surface area contributed by atoms with Crippen molar-refractivity contribution in [2.24, 2.45) is 5.73 Å². The summed E-state index contributed by atoms with van der Waals surface area (Å²) in [7, 11) is -2.97. The zero-order valence-electron chi connectivity index (χ0n) is 13.8. The lowest BCUT2D eigenvalue weighted by atomic mass is 10.1. The van der Waals surface area contributed by atoms with Gasteiger partial charge in [0.2, 0.25) is 5.91 Å². The number of nitrogens with one attached hydrogen (secondary N) is 1. The molecule has 0 aromatic heterocycles. The van der Waals surface area contributed by atoms with Crippen LogP contribution in [0.3, 0.4) is 0 Å². The Balaban J connectivity index is 1.74. The molecular formula is C18H18N2O4S2. The quantitative estimate of drug-likeness (QED) is 0.815. The lowest BCUT2D eigenvalue weighted by Gasteiger charge is -2.13. The number of nitrogens with two attached hydrogens (primary N) is 1. The molecule has 0 bridgehead atoms. The summed E-state index contributed by atoms with van der Waals surface area (Å²) in [4.78, 5) is 24.5. The highest BCUT2D eigenvalue weighted by molar-refractivity contribution is 8.02. The van der Waals surface area contributed by atoms with Crippen LogP contribution in [-0.2, 0) is 9.84 Å². The molecular weight excluding hydrogens is 372 g/mol. The first-order valence-corrected chi connectivity index (χ1v) is 10.7. The summed E-state index contributed by atoms with van der Waals surface area (Å²) >= 11 is 1.42. The van der Waals surface area contributed by atoms with Crippen LogP contribution < -0.4 is 11.1 Å². The molecule has 2 amide bonds. The summed E-state index contributed by atoms with van der Waals surface area (Å²) in [6.07, 6.45) is 0.595. The highest BCUT2D eigenvalue weighted by Crippen LogP contribution is 2.33. The first-order valence-electron chi connectivity index (χ1n) is 8.01. The fourth-order valence-electron chi connectivity index (χ4n) is 2.71. The summed E-state index contributed by atoms with van der Waals surface area (Å²) in [6.45, 7) is 0. The molecule has 1 fully saturated rings. The summed E-state index contributed by atoms with van der Waals surface area (Å²) in [5.74, 6) is -0.482. The van der Waals surface area contributed by atoms with E-state index >= 15 is 0 Å². The third-order valence-corrected chi connectivity index (χ3v) is 7.37. The largest absolute Gasteiger partial charge is 0.366 e. The number of carbonyl (C=O) groups excluding carboxylic acids is 2. The van der Waals surface area contributed by atoms with Crippen molar-refractivity contribution in [3.63, 3.8) is 0 Å². The molecule has 0 radical (unpaired) electrons. The van der Waals surface area contributed by atoms with Crippen molar-refractivity contribution in [2.45, 2.75) is 16.6 Å². The molecule has 3 N–H and O–H groups in total. The number of rotatable bonds is 5. The molecule has 3 rings (SSSR count). The minimum absolute atomic E-state index is 0.0381. The maximum absolute atomic E-state index is 12.6. The molecule has 0 saturated carbocycles. The van der Waals surface area contributed by atoms with Crippen LogP contribution in [0.4, 0.5) is 5.69 Å². The molecule has 1 heterocycles. The highest BCUT2D eigenvalue weighted by Gasteiger charge is 2.29. The molecule has 2 aromatic rings. The van der Waals surface area contributed by atoms with Crippen molar-refractivity contribution < 1.29 is 18.0 Å². The first-order chi connectivity index (χ1) is 12.3. The van der Waals surface area contributed by atoms with Crippen LogP contribution in [-0.4, -0.2) is 37.0 Å². The fraction of sp³-hybridized carbons (Fsp3) is 0.222. The van der Waals surface area contributed by atoms with E-state index in [1.54, 1.807) is 36.4 Å². The van der Waals surface area contributed by atoms with Crippen LogP contribution in [0.5, 0.6) is 0 Å². The standard InChI is InChI=1S/C18H18N2O4S2/c19-17(21)12-5-7-13(8-6-12)20-18(22)15-3-1-2-4-16(15)25-14-9-10-26(23,24)11-14/h1-8,14H,9-11H2,(H2,19,21)(H,20,22)/t14-/m1/s1. The van der Waals surface area contributed by atoms with E-state index in [9.17, 15) is 18.0 Å². The smallest absolute Gasteiger partial charge is 0.256 e. The number of hydrogen-bond donors (Lipinski definition) is 2. The normalized spacial score (nSPS) is 18.4. The minimum atomic E-state index is -2.97. The Labute approximate surface area is 156 Å². The fourth-order valence-corrected chi connectivity index (χ4v) is 6.33. The number of thioether (sulfide) groups is 1. The van der Waals surface area contributed by atoms with Gasteiger partial charge in [-0.15, -0.1) is 11.8 Å². The average Bonchev–Trinajstić information content (AvgIpc) is 2.94. The van der Waals surface area contributed by atoms with Crippen LogP contribution in [0.2, 0.25) is 0 Å². The van der Waals surface area contributed by atoms with Crippen molar-refractivity contribution in [3.8, 4) is 0 Å². The van der Waals surface area contributed by atoms with E-state index in [0.717, 1.165) is 4.90 Å². The van der Waals surface area contributed by atoms with Crippen LogP contribution >= 0.6 is 11.8 Å². The Morgan fingerprint density at radius 3 is 2.38 bits per heavy atom. The van der Waals surface area contributed by atoms with E-state index in [1.165, 1.54) is 11.8 Å². The Morgan fingerprint density at radius 2 is 1.77 bits per heavy atom. The van der Waals surface area contributed by atoms with Crippen molar-refractivity contribution in [2.75, 3.05) is 16.8 Å². The second kappa shape index (κ2) is 7.51. The zero-order valence-corrected chi connectivity index (χ0v) is 15.5. The zero-order chi connectivity index (χ0) is 18.7. The lowest BCUT2D eigenvalue weighted by Crippen LogP contribution is -2.15. The van der Waals surface area contributed by atoms with Gasteiger partial charge >= 0.3 is 0 Å². The third-order valence-electron chi connectivity index (χ3n) is 4.04. The number of benzene rings is 2. The predicted molar refractivity (Wildman–Crippen MR) is 102 cm³/mol. The summed E-state index contributed by atoms with van der Waals surface area (Å²) in [5, 5.41) is 2.75. The van der Waals surface area contributed by atoms with Gasteiger partial charge in [0, 0.05) is 21.4 Å². The van der Waals surface area contributed by atoms with E-state index in [-0.39, 0.29) is 22.7 Å². The lowest BCUT2D eigenvalue weighted by molar-refractivity contribution is 0.0998. The number of sulfone groups is 1. The highest BCUT2D eigenvalue weighted by atomic mass is 32.2. The maximum atomic E-state index is 12.6. The van der Waals surface area contributed by atoms with E-state index in [2.05, 4.69) is 5.32 Å². The molecule has 1 aliphatic rings. The molecule has 136 valence electrons. The molecule has 0 spiro atoms. The number of carbonyl (C=O) groups is 2. The van der Waals surface area contributed by atoms with E-state index in [4.69, 9.17) is 5.73 Å². The molecule has 0 unspecified atom stereocenters. The third kappa shape index (κ3) is 4.44. The summed E-state index contributed by atoms with van der Waals surface area (Å²) in [6, 6.07) is 13.4. The Bertz CT molecular complexity index is 940. The Kier molecular flexibility index (Phi) is 5.33. The Morgan fingerprint density at radius 1 is 1.08 bits per heavy atom. The van der Waals surface area contributed by atoms with E-state index < -0.39 is 15.7 Å². The molecule has 1 atom stereocenters. The van der Waals surface area contributed by atoms with Crippen LogP contribution in [0.1, 0.15) is 27.1 Å². The SMILES string of the molecule is NC(=O)c1ccc(NC(=O)c2ccccc2S[C@@H]2CCS(=O)(=O)C2)cc1. The molecule has 26 heavy (non-hydrogen) atoms. The van der Waals surface area contributed by atoms with Gasteiger partial charge in [-0.3, -0.25) is 9.59 Å². The molecule has 2 aromatic carbocycles. The van der Waals surface area contributed by atoms with Crippen molar-refractivity contribution >= 4 is 39.1 Å². The number of primary amides is 1. The van der Waals surface area contributed by atoms with E-state index in [0.29, 0.717) is 23.2 Å². The number of amides is 2. The van der Waals surface area contributed by atoms with Gasteiger partial charge in [0.15, 0.2) is 9.84 Å². The van der Waals surface area contributed by atoms with Crippen LogP contribution in [0.25, 0.3) is 0 Å². The molecule has 0 aliphatic carbocycles. The van der Waals surface area contributed by atoms with Gasteiger partial charge in [-0.25, -0.2) is 8.42 Å². The van der Waals surface area contributed by atoms with Gasteiger partial charge in [-0.05, 0) is 42.8 Å². The van der Waals surface area contributed by atoms with Gasteiger partial charge in [0.25, 0.3) is 5.91 Å². The minimum Gasteiger partial charge on any atom is -0.366 e. The predicted octanol–water partition coefficient (Wildman–Crippen LogP) is 2.32. The summed E-state index contributed by atoms with van der Waals surface area (Å²) < 4.78 is 23.3. The van der Waals surface area contributed by atoms with E-state index in [1.807, 2.05) is 12.1 Å². The van der Waals surface area contributed by atoms with Crippen LogP contribution in [0, 0.1) is 0 Å². The van der Waals surface area contributed by atoms with Crippen molar-refractivity contribution in [3.05, 3.63) is 59.7 Å². The second-order valence-corrected chi connectivity index (χ2v) is 9.61. The Hall–Kier alpha value is -2.32. The monoisotopic (exact) mass is 390 g/mol. The topological polar surface area (TPSA) is 106 Å². The number of hydrogen-bond acceptors (Lipinski definition) is 5. The van der Waals surface area contributed by atoms with Gasteiger partial charge in [0.05, 0.1) is 17.1 Å². The van der Waals surface area contributed by atoms with Gasteiger partial charge < -0.3 is 11.1 Å². The van der Waals surface area contributed by atoms with Crippen molar-refractivity contribution in [1.29, 1.82) is 0 Å². The van der Waals surface area contributed by atoms with Gasteiger partial charge in [-0.2, -0.15) is 0 Å². The van der Waals surface area contributed by atoms with Crippen LogP contribution in [0.15, 0.2) is 53.4 Å². The molecule has 6 nitrogen and oxygen atoms in total. The second-order valence-electron chi connectivity index (χ2n) is 6.03. The van der Waals surface area contributed by atoms with Gasteiger partial charge in [-0.1, -0.05) is 12.1 Å². The molecule has 1 saturated heterocycles.